The summed E-state index contributed by atoms with van der Waals surface area (Å²) in [5, 5.41) is 3.04. The third-order valence-corrected chi connectivity index (χ3v) is 3.06. The van der Waals surface area contributed by atoms with Crippen LogP contribution < -0.4 is 5.32 Å². The van der Waals surface area contributed by atoms with Crippen LogP contribution in [-0.4, -0.2) is 37.9 Å². The molecule has 1 amide bonds. The molecule has 0 spiro atoms. The highest BCUT2D eigenvalue weighted by atomic mass is 16.6. The molecule has 1 aliphatic heterocycles. The van der Waals surface area contributed by atoms with Gasteiger partial charge in [0.05, 0.1) is 19.8 Å². The molecule has 1 saturated heterocycles. The monoisotopic (exact) mass is 213 g/mol. The van der Waals surface area contributed by atoms with Gasteiger partial charge in [0.2, 0.25) is 0 Å². The third kappa shape index (κ3) is 3.18. The smallest absolute Gasteiger partial charge is 0.251 e. The Hall–Kier alpha value is -0.610. The predicted molar refractivity (Wildman–Crippen MR) is 55.6 cm³/mol. The number of nitrogens with one attached hydrogen (secondary N) is 1. The zero-order valence-electron chi connectivity index (χ0n) is 9.04. The summed E-state index contributed by atoms with van der Waals surface area (Å²) in [5.74, 6) is 0.00148. The topological polar surface area (TPSA) is 47.6 Å². The maximum absolute atomic E-state index is 11.8. The summed E-state index contributed by atoms with van der Waals surface area (Å²) < 4.78 is 10.6. The van der Waals surface area contributed by atoms with Gasteiger partial charge in [0.1, 0.15) is 0 Å². The lowest BCUT2D eigenvalue weighted by molar-refractivity contribution is -0.148. The summed E-state index contributed by atoms with van der Waals surface area (Å²) in [4.78, 5) is 11.8. The summed E-state index contributed by atoms with van der Waals surface area (Å²) in [7, 11) is 0. The Morgan fingerprint density at radius 2 is 1.93 bits per heavy atom. The number of hydrogen-bond acceptors (Lipinski definition) is 3. The standard InChI is InChI=1S/C11H19NO3/c13-11(10-8-14-6-7-15-10)12-9-4-2-1-3-5-9/h9-10H,1-8H2,(H,12,13). The van der Waals surface area contributed by atoms with Crippen LogP contribution in [0.1, 0.15) is 32.1 Å². The fraction of sp³-hybridized carbons (Fsp3) is 0.909. The average Bonchev–Trinajstić information content (AvgIpc) is 2.31. The second kappa shape index (κ2) is 5.47. The van der Waals surface area contributed by atoms with E-state index in [1.807, 2.05) is 0 Å². The first-order chi connectivity index (χ1) is 7.36. The van der Waals surface area contributed by atoms with Gasteiger partial charge in [-0.3, -0.25) is 4.79 Å². The van der Waals surface area contributed by atoms with Crippen LogP contribution in [-0.2, 0) is 14.3 Å². The van der Waals surface area contributed by atoms with Crippen LogP contribution in [0.4, 0.5) is 0 Å². The van der Waals surface area contributed by atoms with Crippen molar-refractivity contribution in [2.75, 3.05) is 19.8 Å². The van der Waals surface area contributed by atoms with E-state index in [4.69, 9.17) is 9.47 Å². The molecule has 86 valence electrons. The molecule has 1 saturated carbocycles. The van der Waals surface area contributed by atoms with Crippen molar-refractivity contribution in [2.24, 2.45) is 0 Å². The van der Waals surface area contributed by atoms with Gasteiger partial charge in [0.15, 0.2) is 6.10 Å². The fourth-order valence-electron chi connectivity index (χ4n) is 2.18. The Morgan fingerprint density at radius 1 is 1.13 bits per heavy atom. The molecule has 15 heavy (non-hydrogen) atoms. The minimum Gasteiger partial charge on any atom is -0.376 e. The number of ether oxygens (including phenoxy) is 2. The minimum absolute atomic E-state index is 0.00148. The molecular weight excluding hydrogens is 194 g/mol. The second-order valence-electron chi connectivity index (χ2n) is 4.28. The van der Waals surface area contributed by atoms with Crippen molar-refractivity contribution in [1.29, 1.82) is 0 Å². The summed E-state index contributed by atoms with van der Waals surface area (Å²) in [6.45, 7) is 1.54. The second-order valence-corrected chi connectivity index (χ2v) is 4.28. The normalized spacial score (nSPS) is 28.7. The highest BCUT2D eigenvalue weighted by Crippen LogP contribution is 2.17. The van der Waals surface area contributed by atoms with Gasteiger partial charge in [-0.05, 0) is 12.8 Å². The summed E-state index contributed by atoms with van der Waals surface area (Å²) >= 11 is 0. The Bertz CT molecular complexity index is 208. The molecule has 0 radical (unpaired) electrons. The first-order valence-corrected chi connectivity index (χ1v) is 5.86. The van der Waals surface area contributed by atoms with Crippen molar-refractivity contribution >= 4 is 5.91 Å². The molecule has 2 aliphatic rings. The number of rotatable bonds is 2. The molecule has 1 atom stereocenters. The van der Waals surface area contributed by atoms with E-state index in [1.54, 1.807) is 0 Å². The molecule has 1 heterocycles. The lowest BCUT2D eigenvalue weighted by atomic mass is 9.95. The van der Waals surface area contributed by atoms with Crippen LogP contribution in [0.5, 0.6) is 0 Å². The largest absolute Gasteiger partial charge is 0.376 e. The van der Waals surface area contributed by atoms with Crippen LogP contribution >= 0.6 is 0 Å². The molecule has 2 rings (SSSR count). The Kier molecular flexibility index (Phi) is 3.97. The zero-order chi connectivity index (χ0) is 10.5. The van der Waals surface area contributed by atoms with Crippen LogP contribution in [0, 0.1) is 0 Å². The van der Waals surface area contributed by atoms with Crippen molar-refractivity contribution in [3.05, 3.63) is 0 Å². The van der Waals surface area contributed by atoms with Gasteiger partial charge >= 0.3 is 0 Å². The van der Waals surface area contributed by atoms with Crippen LogP contribution in [0.25, 0.3) is 0 Å². The fourth-order valence-corrected chi connectivity index (χ4v) is 2.18. The average molecular weight is 213 g/mol. The van der Waals surface area contributed by atoms with E-state index in [1.165, 1.54) is 19.3 Å². The van der Waals surface area contributed by atoms with Gasteiger partial charge in [-0.15, -0.1) is 0 Å². The van der Waals surface area contributed by atoms with E-state index in [0.717, 1.165) is 12.8 Å². The van der Waals surface area contributed by atoms with Crippen molar-refractivity contribution in [3.63, 3.8) is 0 Å². The number of carbonyl (C=O) groups is 1. The first kappa shape index (κ1) is 10.9. The maximum atomic E-state index is 11.8. The maximum Gasteiger partial charge on any atom is 0.251 e. The molecule has 2 fully saturated rings. The summed E-state index contributed by atoms with van der Waals surface area (Å²) in [6, 6.07) is 0.358. The van der Waals surface area contributed by atoms with Crippen molar-refractivity contribution in [3.8, 4) is 0 Å². The van der Waals surface area contributed by atoms with E-state index in [-0.39, 0.29) is 12.0 Å². The van der Waals surface area contributed by atoms with E-state index in [2.05, 4.69) is 5.32 Å². The zero-order valence-corrected chi connectivity index (χ0v) is 9.04. The quantitative estimate of drug-likeness (QED) is 0.739. The van der Waals surface area contributed by atoms with E-state index in [0.29, 0.717) is 25.9 Å². The highest BCUT2D eigenvalue weighted by Gasteiger charge is 2.25. The van der Waals surface area contributed by atoms with E-state index >= 15 is 0 Å². The number of amides is 1. The molecule has 4 heteroatoms. The van der Waals surface area contributed by atoms with E-state index < -0.39 is 0 Å². The lowest BCUT2D eigenvalue weighted by Crippen LogP contribution is -2.47. The predicted octanol–water partition coefficient (Wildman–Crippen LogP) is 0.851. The summed E-state index contributed by atoms with van der Waals surface area (Å²) in [5.41, 5.74) is 0. The van der Waals surface area contributed by atoms with Gasteiger partial charge in [0.25, 0.3) is 5.91 Å². The molecular formula is C11H19NO3. The molecule has 1 unspecified atom stereocenters. The van der Waals surface area contributed by atoms with Crippen molar-refractivity contribution in [2.45, 2.75) is 44.2 Å². The SMILES string of the molecule is O=C(NC1CCCCC1)C1COCCO1. The molecule has 0 bridgehead atoms. The van der Waals surface area contributed by atoms with Gasteiger partial charge in [-0.25, -0.2) is 0 Å². The summed E-state index contributed by atoms with van der Waals surface area (Å²) in [6.07, 6.45) is 5.59. The molecule has 1 N–H and O–H groups in total. The van der Waals surface area contributed by atoms with Gasteiger partial charge in [0, 0.05) is 6.04 Å². The molecule has 0 aromatic heterocycles. The molecule has 0 aromatic carbocycles. The van der Waals surface area contributed by atoms with Crippen molar-refractivity contribution in [1.82, 2.24) is 5.32 Å². The lowest BCUT2D eigenvalue weighted by Gasteiger charge is -2.27. The van der Waals surface area contributed by atoms with Gasteiger partial charge in [-0.1, -0.05) is 19.3 Å². The van der Waals surface area contributed by atoms with E-state index in [9.17, 15) is 4.79 Å². The van der Waals surface area contributed by atoms with Gasteiger partial charge in [-0.2, -0.15) is 0 Å². The minimum atomic E-state index is -0.388. The van der Waals surface area contributed by atoms with Gasteiger partial charge < -0.3 is 14.8 Å². The Balaban J connectivity index is 1.74. The number of hydrogen-bond donors (Lipinski definition) is 1. The van der Waals surface area contributed by atoms with Crippen molar-refractivity contribution < 1.29 is 14.3 Å². The Labute approximate surface area is 90.3 Å². The van der Waals surface area contributed by atoms with Crippen LogP contribution in [0.15, 0.2) is 0 Å². The molecule has 4 nitrogen and oxygen atoms in total. The first-order valence-electron chi connectivity index (χ1n) is 5.86. The number of carbonyl (C=O) groups excluding carboxylic acids is 1. The highest BCUT2D eigenvalue weighted by molar-refractivity contribution is 5.81. The van der Waals surface area contributed by atoms with Crippen LogP contribution in [0.3, 0.4) is 0 Å². The van der Waals surface area contributed by atoms with Crippen LogP contribution in [0.2, 0.25) is 0 Å². The Morgan fingerprint density at radius 3 is 2.60 bits per heavy atom. The third-order valence-electron chi connectivity index (χ3n) is 3.06. The molecule has 1 aliphatic carbocycles. The molecule has 0 aromatic rings.